The van der Waals surface area contributed by atoms with Gasteiger partial charge in [-0.2, -0.15) is 0 Å². The zero-order chi connectivity index (χ0) is 12.6. The number of benzene rings is 1. The Bertz CT molecular complexity index is 481. The molecule has 1 saturated heterocycles. The van der Waals surface area contributed by atoms with Crippen LogP contribution in [-0.4, -0.2) is 35.0 Å². The lowest BCUT2D eigenvalue weighted by Crippen LogP contribution is -2.53. The second-order valence-electron chi connectivity index (χ2n) is 4.18. The number of aliphatic carboxylic acids is 1. The number of aryl methyl sites for hydroxylation is 1. The van der Waals surface area contributed by atoms with E-state index in [9.17, 15) is 14.0 Å². The number of hydrogen-bond donors (Lipinski definition) is 1. The average Bonchev–Trinajstić information content (AvgIpc) is 2.19. The predicted molar refractivity (Wildman–Crippen MR) is 58.2 cm³/mol. The quantitative estimate of drug-likeness (QED) is 0.843. The van der Waals surface area contributed by atoms with Gasteiger partial charge in [-0.1, -0.05) is 12.1 Å². The third-order valence-electron chi connectivity index (χ3n) is 2.94. The van der Waals surface area contributed by atoms with Gasteiger partial charge in [0, 0.05) is 13.1 Å². The highest BCUT2D eigenvalue weighted by atomic mass is 19.1. The van der Waals surface area contributed by atoms with Gasteiger partial charge in [0.1, 0.15) is 5.82 Å². The first-order chi connectivity index (χ1) is 8.00. The number of likely N-dealkylation sites (tertiary alicyclic amines) is 1. The first kappa shape index (κ1) is 11.6. The Morgan fingerprint density at radius 1 is 1.41 bits per heavy atom. The summed E-state index contributed by atoms with van der Waals surface area (Å²) in [5, 5.41) is 8.69. The van der Waals surface area contributed by atoms with Gasteiger partial charge in [-0.25, -0.2) is 4.39 Å². The molecule has 0 aromatic heterocycles. The molecule has 1 aliphatic rings. The summed E-state index contributed by atoms with van der Waals surface area (Å²) in [5.74, 6) is -2.41. The van der Waals surface area contributed by atoms with E-state index in [1.54, 1.807) is 19.1 Å². The average molecular weight is 237 g/mol. The third-order valence-corrected chi connectivity index (χ3v) is 2.94. The van der Waals surface area contributed by atoms with E-state index in [1.807, 2.05) is 0 Å². The van der Waals surface area contributed by atoms with Crippen molar-refractivity contribution >= 4 is 11.9 Å². The van der Waals surface area contributed by atoms with E-state index >= 15 is 0 Å². The van der Waals surface area contributed by atoms with Gasteiger partial charge in [-0.05, 0) is 18.6 Å². The molecule has 1 aliphatic heterocycles. The summed E-state index contributed by atoms with van der Waals surface area (Å²) in [4.78, 5) is 23.8. The summed E-state index contributed by atoms with van der Waals surface area (Å²) in [5.41, 5.74) is 0.417. The van der Waals surface area contributed by atoms with Crippen LogP contribution in [0.25, 0.3) is 0 Å². The van der Waals surface area contributed by atoms with Gasteiger partial charge in [0.2, 0.25) is 0 Å². The minimum atomic E-state index is -0.918. The van der Waals surface area contributed by atoms with E-state index in [0.717, 1.165) is 0 Å². The molecule has 1 amide bonds. The van der Waals surface area contributed by atoms with E-state index in [1.165, 1.54) is 11.0 Å². The van der Waals surface area contributed by atoms with Gasteiger partial charge in [0.25, 0.3) is 5.91 Å². The van der Waals surface area contributed by atoms with Crippen LogP contribution in [0.1, 0.15) is 15.9 Å². The van der Waals surface area contributed by atoms with Crippen molar-refractivity contribution in [3.05, 3.63) is 35.1 Å². The smallest absolute Gasteiger partial charge is 0.310 e. The van der Waals surface area contributed by atoms with Crippen LogP contribution in [0.4, 0.5) is 4.39 Å². The van der Waals surface area contributed by atoms with Gasteiger partial charge < -0.3 is 10.0 Å². The maximum Gasteiger partial charge on any atom is 0.310 e. The van der Waals surface area contributed by atoms with Gasteiger partial charge in [-0.15, -0.1) is 0 Å². The van der Waals surface area contributed by atoms with Gasteiger partial charge >= 0.3 is 5.97 Å². The fourth-order valence-corrected chi connectivity index (χ4v) is 1.78. The van der Waals surface area contributed by atoms with Crippen LogP contribution >= 0.6 is 0 Å². The first-order valence-electron chi connectivity index (χ1n) is 5.28. The first-order valence-corrected chi connectivity index (χ1v) is 5.28. The van der Waals surface area contributed by atoms with Crippen LogP contribution in [-0.2, 0) is 4.79 Å². The number of rotatable bonds is 2. The van der Waals surface area contributed by atoms with E-state index in [4.69, 9.17) is 5.11 Å². The molecule has 5 heteroatoms. The number of hydrogen-bond acceptors (Lipinski definition) is 2. The number of carbonyl (C=O) groups is 2. The van der Waals surface area contributed by atoms with Gasteiger partial charge in [0.15, 0.2) is 0 Å². The van der Waals surface area contributed by atoms with E-state index in [2.05, 4.69) is 0 Å². The molecule has 0 atom stereocenters. The number of carbonyl (C=O) groups excluding carboxylic acids is 1. The fraction of sp³-hybridized carbons (Fsp3) is 0.333. The van der Waals surface area contributed by atoms with Crippen LogP contribution in [0.15, 0.2) is 18.2 Å². The monoisotopic (exact) mass is 237 g/mol. The Morgan fingerprint density at radius 3 is 2.65 bits per heavy atom. The standard InChI is InChI=1S/C12H12FNO3/c1-7-3-2-4-9(10(7)13)11(15)14-5-8(6-14)12(16)17/h2-4,8H,5-6H2,1H3,(H,16,17). The van der Waals surface area contributed by atoms with Crippen molar-refractivity contribution in [3.8, 4) is 0 Å². The molecule has 0 saturated carbocycles. The van der Waals surface area contributed by atoms with Crippen LogP contribution < -0.4 is 0 Å². The Labute approximate surface area is 97.7 Å². The molecule has 0 bridgehead atoms. The van der Waals surface area contributed by atoms with Crippen molar-refractivity contribution in [2.75, 3.05) is 13.1 Å². The molecule has 17 heavy (non-hydrogen) atoms. The third kappa shape index (κ3) is 2.00. The number of carboxylic acid groups (broad SMARTS) is 1. The van der Waals surface area contributed by atoms with Crippen molar-refractivity contribution in [2.45, 2.75) is 6.92 Å². The second kappa shape index (κ2) is 4.16. The lowest BCUT2D eigenvalue weighted by Gasteiger charge is -2.36. The summed E-state index contributed by atoms with van der Waals surface area (Å²) in [6.45, 7) is 1.89. The minimum absolute atomic E-state index is 0.00818. The summed E-state index contributed by atoms with van der Waals surface area (Å²) >= 11 is 0. The Balaban J connectivity index is 2.12. The molecule has 1 aromatic carbocycles. The Morgan fingerprint density at radius 2 is 2.06 bits per heavy atom. The highest BCUT2D eigenvalue weighted by Crippen LogP contribution is 2.21. The summed E-state index contributed by atoms with van der Waals surface area (Å²) in [6, 6.07) is 4.61. The maximum absolute atomic E-state index is 13.7. The van der Waals surface area contributed by atoms with Crippen molar-refractivity contribution < 1.29 is 19.1 Å². The number of amides is 1. The van der Waals surface area contributed by atoms with Crippen LogP contribution in [0.5, 0.6) is 0 Å². The molecule has 1 N–H and O–H groups in total. The Hall–Kier alpha value is -1.91. The highest BCUT2D eigenvalue weighted by molar-refractivity contribution is 5.96. The van der Waals surface area contributed by atoms with Gasteiger partial charge in [0.05, 0.1) is 11.5 Å². The number of carboxylic acids is 1. The van der Waals surface area contributed by atoms with Crippen LogP contribution in [0, 0.1) is 18.7 Å². The van der Waals surface area contributed by atoms with E-state index in [0.29, 0.717) is 5.56 Å². The molecule has 1 heterocycles. The molecule has 4 nitrogen and oxygen atoms in total. The molecule has 1 fully saturated rings. The SMILES string of the molecule is Cc1cccc(C(=O)N2CC(C(=O)O)C2)c1F. The summed E-state index contributed by atoms with van der Waals surface area (Å²) < 4.78 is 13.7. The normalized spacial score (nSPS) is 15.5. The lowest BCUT2D eigenvalue weighted by atomic mass is 9.98. The molecule has 1 aromatic rings. The van der Waals surface area contributed by atoms with Gasteiger partial charge in [-0.3, -0.25) is 9.59 Å². The predicted octanol–water partition coefficient (Wildman–Crippen LogP) is 1.29. The molecule has 0 unspecified atom stereocenters. The molecular weight excluding hydrogens is 225 g/mol. The minimum Gasteiger partial charge on any atom is -0.481 e. The molecule has 2 rings (SSSR count). The fourth-order valence-electron chi connectivity index (χ4n) is 1.78. The lowest BCUT2D eigenvalue weighted by molar-refractivity contribution is -0.146. The van der Waals surface area contributed by atoms with Crippen molar-refractivity contribution in [1.29, 1.82) is 0 Å². The molecule has 90 valence electrons. The number of halogens is 1. The largest absolute Gasteiger partial charge is 0.481 e. The van der Waals surface area contributed by atoms with Crippen molar-refractivity contribution in [3.63, 3.8) is 0 Å². The molecule has 0 aliphatic carbocycles. The molecule has 0 spiro atoms. The Kier molecular flexibility index (Phi) is 2.83. The van der Waals surface area contributed by atoms with Crippen LogP contribution in [0.2, 0.25) is 0 Å². The van der Waals surface area contributed by atoms with Crippen molar-refractivity contribution in [1.82, 2.24) is 4.90 Å². The second-order valence-corrected chi connectivity index (χ2v) is 4.18. The zero-order valence-electron chi connectivity index (χ0n) is 9.31. The molecular formula is C12H12FNO3. The van der Waals surface area contributed by atoms with E-state index in [-0.39, 0.29) is 18.7 Å². The molecule has 0 radical (unpaired) electrons. The zero-order valence-corrected chi connectivity index (χ0v) is 9.31. The summed E-state index contributed by atoms with van der Waals surface area (Å²) in [6.07, 6.45) is 0. The summed E-state index contributed by atoms with van der Waals surface area (Å²) in [7, 11) is 0. The maximum atomic E-state index is 13.7. The number of nitrogens with zero attached hydrogens (tertiary/aromatic N) is 1. The van der Waals surface area contributed by atoms with Crippen molar-refractivity contribution in [2.24, 2.45) is 5.92 Å². The topological polar surface area (TPSA) is 57.6 Å². The highest BCUT2D eigenvalue weighted by Gasteiger charge is 2.36. The van der Waals surface area contributed by atoms with E-state index < -0.39 is 23.6 Å². The van der Waals surface area contributed by atoms with Crippen LogP contribution in [0.3, 0.4) is 0 Å².